The van der Waals surface area contributed by atoms with Crippen molar-refractivity contribution in [1.29, 1.82) is 0 Å². The van der Waals surface area contributed by atoms with Crippen molar-refractivity contribution in [1.82, 2.24) is 14.5 Å². The number of benzene rings is 1. The molecule has 0 fully saturated rings. The third kappa shape index (κ3) is 3.82. The molecule has 130 valence electrons. The highest BCUT2D eigenvalue weighted by Gasteiger charge is 2.14. The largest absolute Gasteiger partial charge is 0.340 e. The molecule has 0 spiro atoms. The van der Waals surface area contributed by atoms with Gasteiger partial charge in [-0.15, -0.1) is 11.3 Å². The van der Waals surface area contributed by atoms with Crippen molar-refractivity contribution < 1.29 is 4.79 Å². The van der Waals surface area contributed by atoms with Crippen LogP contribution in [0.4, 0.5) is 0 Å². The van der Waals surface area contributed by atoms with Gasteiger partial charge in [-0.2, -0.15) is 0 Å². The Balaban J connectivity index is 1.78. The Bertz CT molecular complexity index is 980. The summed E-state index contributed by atoms with van der Waals surface area (Å²) in [4.78, 5) is 32.9. The van der Waals surface area contributed by atoms with Gasteiger partial charge in [0.25, 0.3) is 5.56 Å². The van der Waals surface area contributed by atoms with Crippen LogP contribution in [0.2, 0.25) is 0 Å². The van der Waals surface area contributed by atoms with Gasteiger partial charge in [-0.05, 0) is 24.1 Å². The molecule has 1 aromatic carbocycles. The van der Waals surface area contributed by atoms with Gasteiger partial charge in [0.15, 0.2) is 0 Å². The Morgan fingerprint density at radius 1 is 1.36 bits per heavy atom. The van der Waals surface area contributed by atoms with Crippen molar-refractivity contribution in [2.24, 2.45) is 0 Å². The van der Waals surface area contributed by atoms with E-state index in [0.717, 1.165) is 26.2 Å². The molecule has 2 aromatic heterocycles. The van der Waals surface area contributed by atoms with E-state index < -0.39 is 0 Å². The lowest BCUT2D eigenvalue weighted by molar-refractivity contribution is -0.131. The predicted octanol–water partition coefficient (Wildman–Crippen LogP) is 3.44. The Kier molecular flexibility index (Phi) is 5.34. The number of aryl methyl sites for hydroxylation is 1. The van der Waals surface area contributed by atoms with E-state index in [1.807, 2.05) is 37.3 Å². The molecule has 0 N–H and O–H groups in total. The maximum atomic E-state index is 12.6. The first-order valence-electron chi connectivity index (χ1n) is 7.94. The smallest absolute Gasteiger partial charge is 0.262 e. The molecular weight excluding hydrogens is 402 g/mol. The molecule has 0 saturated carbocycles. The Morgan fingerprint density at radius 3 is 2.84 bits per heavy atom. The molecule has 2 heterocycles. The normalized spacial score (nSPS) is 11.0. The van der Waals surface area contributed by atoms with E-state index in [-0.39, 0.29) is 18.0 Å². The van der Waals surface area contributed by atoms with Gasteiger partial charge < -0.3 is 4.90 Å². The van der Waals surface area contributed by atoms with Crippen LogP contribution < -0.4 is 5.56 Å². The second-order valence-electron chi connectivity index (χ2n) is 5.80. The zero-order chi connectivity index (χ0) is 18.0. The van der Waals surface area contributed by atoms with Crippen LogP contribution in [0.25, 0.3) is 10.2 Å². The van der Waals surface area contributed by atoms with E-state index in [1.165, 1.54) is 22.2 Å². The highest BCUT2D eigenvalue weighted by molar-refractivity contribution is 9.10. The summed E-state index contributed by atoms with van der Waals surface area (Å²) in [5.41, 5.74) is 0.855. The molecule has 0 bridgehead atoms. The molecule has 0 unspecified atom stereocenters. The minimum atomic E-state index is -0.163. The molecule has 0 aliphatic rings. The lowest BCUT2D eigenvalue weighted by atomic mass is 10.2. The third-order valence-electron chi connectivity index (χ3n) is 4.01. The molecule has 0 aliphatic carbocycles. The van der Waals surface area contributed by atoms with Crippen molar-refractivity contribution in [2.75, 3.05) is 7.05 Å². The first-order valence-corrected chi connectivity index (χ1v) is 9.55. The maximum Gasteiger partial charge on any atom is 0.262 e. The van der Waals surface area contributed by atoms with Gasteiger partial charge in [-0.25, -0.2) is 4.98 Å². The van der Waals surface area contributed by atoms with Crippen LogP contribution in [-0.4, -0.2) is 27.4 Å². The molecule has 7 heteroatoms. The number of thiophene rings is 1. The van der Waals surface area contributed by atoms with Gasteiger partial charge in [0.2, 0.25) is 5.91 Å². The van der Waals surface area contributed by atoms with Gasteiger partial charge in [0.1, 0.15) is 11.4 Å². The standard InChI is InChI=1S/C18H18BrN3O2S/c1-3-13-8-14-17(25-13)20-11-22(18(14)24)10-16(23)21(2)9-12-6-4-5-7-15(12)19/h4-8,11H,3,9-10H2,1-2H3. The number of fused-ring (bicyclic) bond motifs is 1. The number of nitrogens with zero attached hydrogens (tertiary/aromatic N) is 3. The summed E-state index contributed by atoms with van der Waals surface area (Å²) in [6.07, 6.45) is 2.33. The lowest BCUT2D eigenvalue weighted by Gasteiger charge is -2.18. The fourth-order valence-electron chi connectivity index (χ4n) is 2.53. The topological polar surface area (TPSA) is 55.2 Å². The summed E-state index contributed by atoms with van der Waals surface area (Å²) in [5, 5.41) is 0.589. The summed E-state index contributed by atoms with van der Waals surface area (Å²) in [6, 6.07) is 9.65. The fraction of sp³-hybridized carbons (Fsp3) is 0.278. The molecule has 3 rings (SSSR count). The number of hydrogen-bond acceptors (Lipinski definition) is 4. The second-order valence-corrected chi connectivity index (χ2v) is 7.77. The van der Waals surface area contributed by atoms with Crippen LogP contribution in [0.5, 0.6) is 0 Å². The van der Waals surface area contributed by atoms with Gasteiger partial charge in [0.05, 0.1) is 11.7 Å². The van der Waals surface area contributed by atoms with Crippen LogP contribution in [-0.2, 0) is 24.3 Å². The third-order valence-corrected chi connectivity index (χ3v) is 5.98. The average molecular weight is 420 g/mol. The molecule has 0 radical (unpaired) electrons. The van der Waals surface area contributed by atoms with Crippen LogP contribution in [0, 0.1) is 0 Å². The van der Waals surface area contributed by atoms with Crippen LogP contribution in [0.1, 0.15) is 17.4 Å². The molecule has 0 saturated heterocycles. The molecule has 5 nitrogen and oxygen atoms in total. The number of amides is 1. The number of carbonyl (C=O) groups is 1. The summed E-state index contributed by atoms with van der Waals surface area (Å²) >= 11 is 5.01. The van der Waals surface area contributed by atoms with E-state index in [0.29, 0.717) is 11.9 Å². The lowest BCUT2D eigenvalue weighted by Crippen LogP contribution is -2.33. The van der Waals surface area contributed by atoms with E-state index in [4.69, 9.17) is 0 Å². The molecule has 1 amide bonds. The number of aromatic nitrogens is 2. The van der Waals surface area contributed by atoms with Gasteiger partial charge in [-0.3, -0.25) is 14.2 Å². The number of hydrogen-bond donors (Lipinski definition) is 0. The fourth-order valence-corrected chi connectivity index (χ4v) is 3.87. The van der Waals surface area contributed by atoms with Crippen molar-refractivity contribution in [3.05, 3.63) is 61.9 Å². The second kappa shape index (κ2) is 7.49. The van der Waals surface area contributed by atoms with Crippen molar-refractivity contribution >= 4 is 43.4 Å². The first-order chi connectivity index (χ1) is 12.0. The van der Waals surface area contributed by atoms with E-state index in [9.17, 15) is 9.59 Å². The summed E-state index contributed by atoms with van der Waals surface area (Å²) in [7, 11) is 1.73. The molecular formula is C18H18BrN3O2S. The maximum absolute atomic E-state index is 12.6. The van der Waals surface area contributed by atoms with Crippen LogP contribution in [0.3, 0.4) is 0 Å². The quantitative estimate of drug-likeness (QED) is 0.636. The first kappa shape index (κ1) is 17.8. The van der Waals surface area contributed by atoms with E-state index in [2.05, 4.69) is 20.9 Å². The molecule has 0 atom stereocenters. The number of carbonyl (C=O) groups excluding carboxylic acids is 1. The van der Waals surface area contributed by atoms with Gasteiger partial charge >= 0.3 is 0 Å². The highest BCUT2D eigenvalue weighted by atomic mass is 79.9. The predicted molar refractivity (Wildman–Crippen MR) is 104 cm³/mol. The summed E-state index contributed by atoms with van der Waals surface area (Å²) in [5.74, 6) is -0.134. The van der Waals surface area contributed by atoms with Gasteiger partial charge in [-0.1, -0.05) is 41.1 Å². The Labute approximate surface area is 158 Å². The Morgan fingerprint density at radius 2 is 2.12 bits per heavy atom. The number of halogens is 1. The zero-order valence-corrected chi connectivity index (χ0v) is 16.4. The molecule has 0 aliphatic heterocycles. The van der Waals surface area contributed by atoms with E-state index in [1.54, 1.807) is 11.9 Å². The van der Waals surface area contributed by atoms with Crippen molar-refractivity contribution in [3.63, 3.8) is 0 Å². The SMILES string of the molecule is CCc1cc2c(=O)n(CC(=O)N(C)Cc3ccccc3Br)cnc2s1. The highest BCUT2D eigenvalue weighted by Crippen LogP contribution is 2.21. The minimum Gasteiger partial charge on any atom is -0.340 e. The van der Waals surface area contributed by atoms with Crippen LogP contribution >= 0.6 is 27.3 Å². The monoisotopic (exact) mass is 419 g/mol. The molecule has 25 heavy (non-hydrogen) atoms. The van der Waals surface area contributed by atoms with E-state index >= 15 is 0 Å². The van der Waals surface area contributed by atoms with Crippen molar-refractivity contribution in [3.8, 4) is 0 Å². The van der Waals surface area contributed by atoms with Gasteiger partial charge in [0, 0.05) is 22.9 Å². The number of likely N-dealkylation sites (N-methyl/N-ethyl adjacent to an activating group) is 1. The zero-order valence-electron chi connectivity index (χ0n) is 14.0. The van der Waals surface area contributed by atoms with Crippen molar-refractivity contribution in [2.45, 2.75) is 26.4 Å². The minimum absolute atomic E-state index is 0.0139. The average Bonchev–Trinajstić information content (AvgIpc) is 3.03. The summed E-state index contributed by atoms with van der Waals surface area (Å²) in [6.45, 7) is 2.51. The number of rotatable bonds is 5. The Hall–Kier alpha value is -1.99. The molecule has 3 aromatic rings. The summed E-state index contributed by atoms with van der Waals surface area (Å²) < 4.78 is 2.34. The van der Waals surface area contributed by atoms with Crippen LogP contribution in [0.15, 0.2) is 45.9 Å².